The molecule has 0 fully saturated rings. The van der Waals surface area contributed by atoms with Crippen molar-refractivity contribution < 1.29 is 14.2 Å². The molecular weight excluding hydrogens is 197 g/mol. The van der Waals surface area contributed by atoms with Crippen LogP contribution in [0.5, 0.6) is 5.75 Å². The molecule has 1 aliphatic heterocycles. The Kier molecular flexibility index (Phi) is 2.40. The Morgan fingerprint density at radius 2 is 2.40 bits per heavy atom. The summed E-state index contributed by atoms with van der Waals surface area (Å²) < 4.78 is 18.3. The van der Waals surface area contributed by atoms with Crippen molar-refractivity contribution in [2.75, 3.05) is 13.2 Å². The van der Waals surface area contributed by atoms with Gasteiger partial charge in [-0.3, -0.25) is 0 Å². The summed E-state index contributed by atoms with van der Waals surface area (Å²) in [6.07, 6.45) is 0. The van der Waals surface area contributed by atoms with Crippen LogP contribution in [-0.2, 0) is 5.54 Å². The van der Waals surface area contributed by atoms with Crippen LogP contribution in [0.2, 0.25) is 0 Å². The lowest BCUT2D eigenvalue weighted by Crippen LogP contribution is -2.51. The number of benzene rings is 1. The SMILES string of the molecule is CC1COc2cc(F)ccc2C1(N)CO. The predicted molar refractivity (Wildman–Crippen MR) is 54.0 cm³/mol. The van der Waals surface area contributed by atoms with E-state index in [0.29, 0.717) is 17.9 Å². The van der Waals surface area contributed by atoms with E-state index in [1.165, 1.54) is 12.1 Å². The van der Waals surface area contributed by atoms with Crippen LogP contribution in [-0.4, -0.2) is 18.3 Å². The summed E-state index contributed by atoms with van der Waals surface area (Å²) in [4.78, 5) is 0. The van der Waals surface area contributed by atoms with Crippen LogP contribution in [0.3, 0.4) is 0 Å². The number of aliphatic hydroxyl groups is 1. The lowest BCUT2D eigenvalue weighted by molar-refractivity contribution is 0.0849. The monoisotopic (exact) mass is 211 g/mol. The predicted octanol–water partition coefficient (Wildman–Crippen LogP) is 1.00. The van der Waals surface area contributed by atoms with Crippen LogP contribution in [0.25, 0.3) is 0 Å². The van der Waals surface area contributed by atoms with E-state index in [1.54, 1.807) is 6.07 Å². The van der Waals surface area contributed by atoms with E-state index in [2.05, 4.69) is 0 Å². The molecule has 82 valence electrons. The zero-order chi connectivity index (χ0) is 11.1. The van der Waals surface area contributed by atoms with Crippen LogP contribution in [0.1, 0.15) is 12.5 Å². The average Bonchev–Trinajstić information content (AvgIpc) is 2.23. The highest BCUT2D eigenvalue weighted by Crippen LogP contribution is 2.38. The van der Waals surface area contributed by atoms with E-state index < -0.39 is 5.54 Å². The van der Waals surface area contributed by atoms with Crippen molar-refractivity contribution in [1.82, 2.24) is 0 Å². The van der Waals surface area contributed by atoms with Crippen LogP contribution in [0.15, 0.2) is 18.2 Å². The molecule has 3 N–H and O–H groups in total. The molecule has 0 saturated carbocycles. The molecule has 0 spiro atoms. The Hall–Kier alpha value is -1.13. The second kappa shape index (κ2) is 3.47. The molecule has 1 aliphatic rings. The van der Waals surface area contributed by atoms with E-state index in [9.17, 15) is 9.50 Å². The van der Waals surface area contributed by atoms with Gasteiger partial charge < -0.3 is 15.6 Å². The Balaban J connectivity index is 2.53. The number of hydrogen-bond donors (Lipinski definition) is 2. The Morgan fingerprint density at radius 1 is 1.67 bits per heavy atom. The van der Waals surface area contributed by atoms with Crippen LogP contribution >= 0.6 is 0 Å². The second-order valence-corrected chi connectivity index (χ2v) is 4.05. The van der Waals surface area contributed by atoms with Gasteiger partial charge in [0.15, 0.2) is 0 Å². The minimum atomic E-state index is -0.832. The van der Waals surface area contributed by atoms with Gasteiger partial charge in [-0.05, 0) is 6.07 Å². The summed E-state index contributed by atoms with van der Waals surface area (Å²) in [5, 5.41) is 9.36. The van der Waals surface area contributed by atoms with Crippen molar-refractivity contribution in [3.8, 4) is 5.75 Å². The maximum atomic E-state index is 13.0. The first-order chi connectivity index (χ1) is 7.08. The Morgan fingerprint density at radius 3 is 3.07 bits per heavy atom. The summed E-state index contributed by atoms with van der Waals surface area (Å²) in [5.41, 5.74) is 5.95. The molecule has 0 amide bonds. The number of nitrogens with two attached hydrogens (primary N) is 1. The lowest BCUT2D eigenvalue weighted by atomic mass is 9.79. The van der Waals surface area contributed by atoms with Gasteiger partial charge in [-0.2, -0.15) is 0 Å². The Labute approximate surface area is 87.7 Å². The molecular formula is C11H14FNO2. The Bertz CT molecular complexity index is 383. The molecule has 2 atom stereocenters. The van der Waals surface area contributed by atoms with Crippen molar-refractivity contribution in [3.05, 3.63) is 29.6 Å². The first-order valence-corrected chi connectivity index (χ1v) is 4.90. The van der Waals surface area contributed by atoms with Gasteiger partial charge >= 0.3 is 0 Å². The maximum absolute atomic E-state index is 13.0. The molecule has 15 heavy (non-hydrogen) atoms. The van der Waals surface area contributed by atoms with Crippen molar-refractivity contribution >= 4 is 0 Å². The van der Waals surface area contributed by atoms with Crippen LogP contribution < -0.4 is 10.5 Å². The number of fused-ring (bicyclic) bond motifs is 1. The number of halogens is 1. The fraction of sp³-hybridized carbons (Fsp3) is 0.455. The van der Waals surface area contributed by atoms with Crippen LogP contribution in [0.4, 0.5) is 4.39 Å². The van der Waals surface area contributed by atoms with Gasteiger partial charge in [-0.15, -0.1) is 0 Å². The summed E-state index contributed by atoms with van der Waals surface area (Å²) in [5.74, 6) is 0.0775. The summed E-state index contributed by atoms with van der Waals surface area (Å²) >= 11 is 0. The molecule has 2 rings (SSSR count). The molecule has 0 bridgehead atoms. The van der Waals surface area contributed by atoms with Crippen molar-refractivity contribution in [1.29, 1.82) is 0 Å². The molecule has 0 saturated heterocycles. The fourth-order valence-corrected chi connectivity index (χ4v) is 1.87. The average molecular weight is 211 g/mol. The highest BCUT2D eigenvalue weighted by atomic mass is 19.1. The number of hydrogen-bond acceptors (Lipinski definition) is 3. The molecule has 1 heterocycles. The zero-order valence-electron chi connectivity index (χ0n) is 8.53. The van der Waals surface area contributed by atoms with Crippen LogP contribution in [0, 0.1) is 11.7 Å². The maximum Gasteiger partial charge on any atom is 0.127 e. The van der Waals surface area contributed by atoms with Gasteiger partial charge in [-0.1, -0.05) is 13.0 Å². The van der Waals surface area contributed by atoms with Crippen molar-refractivity contribution in [2.45, 2.75) is 12.5 Å². The summed E-state index contributed by atoms with van der Waals surface area (Å²) in [6.45, 7) is 2.13. The highest BCUT2D eigenvalue weighted by molar-refractivity contribution is 5.41. The van der Waals surface area contributed by atoms with Gasteiger partial charge in [0.1, 0.15) is 11.6 Å². The van der Waals surface area contributed by atoms with Crippen molar-refractivity contribution in [2.24, 2.45) is 11.7 Å². The summed E-state index contributed by atoms with van der Waals surface area (Å²) in [7, 11) is 0. The quantitative estimate of drug-likeness (QED) is 0.728. The van der Waals surface area contributed by atoms with E-state index in [1.807, 2.05) is 6.92 Å². The third kappa shape index (κ3) is 1.50. The first kappa shape index (κ1) is 10.4. The molecule has 4 heteroatoms. The molecule has 0 radical (unpaired) electrons. The van der Waals surface area contributed by atoms with E-state index in [0.717, 1.165) is 0 Å². The third-order valence-electron chi connectivity index (χ3n) is 3.07. The lowest BCUT2D eigenvalue weighted by Gasteiger charge is -2.39. The van der Waals surface area contributed by atoms with Crippen molar-refractivity contribution in [3.63, 3.8) is 0 Å². The molecule has 1 aromatic carbocycles. The largest absolute Gasteiger partial charge is 0.493 e. The molecule has 1 aromatic rings. The van der Waals surface area contributed by atoms with Gasteiger partial charge in [-0.25, -0.2) is 4.39 Å². The van der Waals surface area contributed by atoms with Gasteiger partial charge in [0.05, 0.1) is 18.8 Å². The summed E-state index contributed by atoms with van der Waals surface area (Å²) in [6, 6.07) is 4.21. The molecule has 0 aromatic heterocycles. The van der Waals surface area contributed by atoms with E-state index in [-0.39, 0.29) is 18.3 Å². The molecule has 0 aliphatic carbocycles. The highest BCUT2D eigenvalue weighted by Gasteiger charge is 2.39. The number of rotatable bonds is 1. The van der Waals surface area contributed by atoms with E-state index >= 15 is 0 Å². The van der Waals surface area contributed by atoms with E-state index in [4.69, 9.17) is 10.5 Å². The molecule has 2 unspecified atom stereocenters. The standard InChI is InChI=1S/C11H14FNO2/c1-7-5-15-10-4-8(12)2-3-9(10)11(7,13)6-14/h2-4,7,14H,5-6,13H2,1H3. The number of ether oxygens (including phenoxy) is 1. The third-order valence-corrected chi connectivity index (χ3v) is 3.07. The topological polar surface area (TPSA) is 55.5 Å². The minimum absolute atomic E-state index is 0.000427. The molecule has 3 nitrogen and oxygen atoms in total. The van der Waals surface area contributed by atoms with Gasteiger partial charge in [0.25, 0.3) is 0 Å². The number of aliphatic hydroxyl groups excluding tert-OH is 1. The van der Waals surface area contributed by atoms with Gasteiger partial charge in [0.2, 0.25) is 0 Å². The minimum Gasteiger partial charge on any atom is -0.493 e. The first-order valence-electron chi connectivity index (χ1n) is 4.90. The zero-order valence-corrected chi connectivity index (χ0v) is 8.53. The second-order valence-electron chi connectivity index (χ2n) is 4.05. The fourth-order valence-electron chi connectivity index (χ4n) is 1.87. The van der Waals surface area contributed by atoms with Gasteiger partial charge in [0, 0.05) is 17.5 Å². The smallest absolute Gasteiger partial charge is 0.127 e. The normalized spacial score (nSPS) is 29.5.